The number of carboxylic acid groups (broad SMARTS) is 1. The lowest BCUT2D eigenvalue weighted by Gasteiger charge is -2.35. The third kappa shape index (κ3) is 10.4. The molecule has 0 radical (unpaired) electrons. The van der Waals surface area contributed by atoms with E-state index >= 15 is 0 Å². The number of ether oxygens (including phenoxy) is 4. The SMILES string of the molecule is CO[C@@H](C1CC(NC(=NC(=O)OC(C)(C)C)NC(=O)OC(C)(C)C)C=C(C(=O)O)O1)[C@H](O)CO. The number of rotatable bonds is 6. The molecule has 1 heterocycles. The minimum absolute atomic E-state index is 0.0235. The molecule has 13 heteroatoms. The summed E-state index contributed by atoms with van der Waals surface area (Å²) >= 11 is 0. The maximum absolute atomic E-state index is 12.3. The lowest BCUT2D eigenvalue weighted by atomic mass is 9.97. The molecule has 0 aliphatic carbocycles. The van der Waals surface area contributed by atoms with Gasteiger partial charge in [-0.15, -0.1) is 4.99 Å². The van der Waals surface area contributed by atoms with Crippen LogP contribution in [0.3, 0.4) is 0 Å². The fourth-order valence-corrected chi connectivity index (χ4v) is 2.88. The van der Waals surface area contributed by atoms with Gasteiger partial charge in [-0.2, -0.15) is 0 Å². The summed E-state index contributed by atoms with van der Waals surface area (Å²) in [6.45, 7) is 9.20. The van der Waals surface area contributed by atoms with E-state index in [0.717, 1.165) is 0 Å². The molecule has 0 aromatic carbocycles. The highest BCUT2D eigenvalue weighted by molar-refractivity contribution is 5.99. The molecular formula is C21H35N3O10. The molecule has 4 atom stereocenters. The Morgan fingerprint density at radius 3 is 2.24 bits per heavy atom. The number of alkyl carbamates (subject to hydrolysis) is 1. The minimum atomic E-state index is -1.39. The number of amides is 2. The Morgan fingerprint density at radius 1 is 1.18 bits per heavy atom. The van der Waals surface area contributed by atoms with Crippen LogP contribution in [-0.2, 0) is 23.7 Å². The maximum Gasteiger partial charge on any atom is 0.437 e. The zero-order valence-corrected chi connectivity index (χ0v) is 20.4. The first kappa shape index (κ1) is 29.1. The van der Waals surface area contributed by atoms with Crippen LogP contribution in [0.25, 0.3) is 0 Å². The second-order valence-electron chi connectivity index (χ2n) is 9.50. The second-order valence-corrected chi connectivity index (χ2v) is 9.50. The zero-order chi connectivity index (χ0) is 26.3. The van der Waals surface area contributed by atoms with Crippen LogP contribution in [0.1, 0.15) is 48.0 Å². The molecule has 0 aromatic heterocycles. The number of hydrogen-bond acceptors (Lipinski definition) is 9. The minimum Gasteiger partial charge on any atom is -0.480 e. The Balaban J connectivity index is 3.22. The normalized spacial score (nSPS) is 20.9. The summed E-state index contributed by atoms with van der Waals surface area (Å²) in [4.78, 5) is 39.8. The van der Waals surface area contributed by atoms with Gasteiger partial charge < -0.3 is 39.6 Å². The number of hydrogen-bond donors (Lipinski definition) is 5. The first-order chi connectivity index (χ1) is 15.5. The van der Waals surface area contributed by atoms with Gasteiger partial charge in [0.2, 0.25) is 11.7 Å². The zero-order valence-electron chi connectivity index (χ0n) is 20.4. The highest BCUT2D eigenvalue weighted by atomic mass is 16.6. The molecule has 1 aliphatic heterocycles. The Morgan fingerprint density at radius 2 is 1.76 bits per heavy atom. The van der Waals surface area contributed by atoms with Gasteiger partial charge in [0.15, 0.2) is 0 Å². The van der Waals surface area contributed by atoms with Crippen LogP contribution in [0.5, 0.6) is 0 Å². The molecule has 0 saturated heterocycles. The molecular weight excluding hydrogens is 454 g/mol. The maximum atomic E-state index is 12.3. The molecule has 0 bridgehead atoms. The predicted molar refractivity (Wildman–Crippen MR) is 119 cm³/mol. The van der Waals surface area contributed by atoms with Crippen LogP contribution in [-0.4, -0.2) is 88.7 Å². The number of aliphatic hydroxyl groups is 2. The number of aliphatic hydroxyl groups excluding tert-OH is 2. The fraction of sp³-hybridized carbons (Fsp3) is 0.714. The summed E-state index contributed by atoms with van der Waals surface area (Å²) in [5.41, 5.74) is -1.70. The van der Waals surface area contributed by atoms with Crippen molar-refractivity contribution in [3.05, 3.63) is 11.8 Å². The van der Waals surface area contributed by atoms with Crippen LogP contribution >= 0.6 is 0 Å². The number of guanidine groups is 1. The molecule has 13 nitrogen and oxygen atoms in total. The van der Waals surface area contributed by atoms with Crippen LogP contribution < -0.4 is 10.6 Å². The molecule has 0 saturated carbocycles. The molecule has 2 unspecified atom stereocenters. The van der Waals surface area contributed by atoms with Crippen molar-refractivity contribution in [2.45, 2.75) is 83.5 Å². The first-order valence-corrected chi connectivity index (χ1v) is 10.6. The molecule has 0 spiro atoms. The highest BCUT2D eigenvalue weighted by Gasteiger charge is 2.37. The van der Waals surface area contributed by atoms with Gasteiger partial charge in [0.05, 0.1) is 12.6 Å². The molecule has 5 N–H and O–H groups in total. The summed E-state index contributed by atoms with van der Waals surface area (Å²) in [5, 5.41) is 33.8. The van der Waals surface area contributed by atoms with Crippen molar-refractivity contribution in [3.63, 3.8) is 0 Å². The van der Waals surface area contributed by atoms with Crippen molar-refractivity contribution in [2.24, 2.45) is 4.99 Å². The van der Waals surface area contributed by atoms with E-state index < -0.39 is 66.1 Å². The Bertz CT molecular complexity index is 798. The summed E-state index contributed by atoms with van der Waals surface area (Å²) in [5.74, 6) is -2.21. The van der Waals surface area contributed by atoms with Crippen molar-refractivity contribution in [3.8, 4) is 0 Å². The van der Waals surface area contributed by atoms with Crippen LogP contribution in [0.4, 0.5) is 9.59 Å². The van der Waals surface area contributed by atoms with E-state index in [0.29, 0.717) is 0 Å². The molecule has 1 rings (SSSR count). The van der Waals surface area contributed by atoms with Gasteiger partial charge in [-0.1, -0.05) is 0 Å². The van der Waals surface area contributed by atoms with E-state index in [9.17, 15) is 29.7 Å². The number of nitrogens with one attached hydrogen (secondary N) is 2. The van der Waals surface area contributed by atoms with Crippen LogP contribution in [0.15, 0.2) is 16.8 Å². The quantitative estimate of drug-likeness (QED) is 0.263. The third-order valence-electron chi connectivity index (χ3n) is 4.07. The molecule has 0 aromatic rings. The van der Waals surface area contributed by atoms with Gasteiger partial charge in [-0.3, -0.25) is 5.32 Å². The lowest BCUT2D eigenvalue weighted by molar-refractivity contribution is -0.145. The van der Waals surface area contributed by atoms with Gasteiger partial charge in [0.1, 0.15) is 29.5 Å². The van der Waals surface area contributed by atoms with Gasteiger partial charge >= 0.3 is 18.2 Å². The monoisotopic (exact) mass is 489 g/mol. The number of aliphatic carboxylic acids is 1. The summed E-state index contributed by atoms with van der Waals surface area (Å²) in [6, 6.07) is -0.843. The lowest BCUT2D eigenvalue weighted by Crippen LogP contribution is -2.52. The Kier molecular flexibility index (Phi) is 10.3. The standard InChI is InChI=1S/C21H35N3O10/c1-20(2,3)33-18(29)23-17(24-19(30)34-21(4,5)6)22-11-8-13(15(31-7)12(26)10-25)32-14(9-11)16(27)28/h9,11-13,15,25-26H,8,10H2,1-7H3,(H,27,28)(H2,22,23,24,29,30)/t11?,12-,13?,15-/m1/s1. The van der Waals surface area contributed by atoms with Crippen molar-refractivity contribution in [2.75, 3.05) is 13.7 Å². The largest absolute Gasteiger partial charge is 0.480 e. The molecule has 1 aliphatic rings. The van der Waals surface area contributed by atoms with E-state index in [2.05, 4.69) is 15.6 Å². The predicted octanol–water partition coefficient (Wildman–Crippen LogP) is 0.886. The highest BCUT2D eigenvalue weighted by Crippen LogP contribution is 2.23. The summed E-state index contributed by atoms with van der Waals surface area (Å²) in [6.07, 6.45) is -4.11. The van der Waals surface area contributed by atoms with Gasteiger partial charge in [-0.25, -0.2) is 14.4 Å². The van der Waals surface area contributed by atoms with E-state index in [4.69, 9.17) is 18.9 Å². The summed E-state index contributed by atoms with van der Waals surface area (Å²) < 4.78 is 20.9. The number of aliphatic imine (C=N–C) groups is 1. The van der Waals surface area contributed by atoms with E-state index in [1.807, 2.05) is 0 Å². The van der Waals surface area contributed by atoms with Gasteiger partial charge in [-0.05, 0) is 47.6 Å². The van der Waals surface area contributed by atoms with Crippen molar-refractivity contribution in [1.82, 2.24) is 10.6 Å². The van der Waals surface area contributed by atoms with E-state index in [1.54, 1.807) is 41.5 Å². The first-order valence-electron chi connectivity index (χ1n) is 10.6. The summed E-state index contributed by atoms with van der Waals surface area (Å²) in [7, 11) is 1.27. The molecule has 0 fully saturated rings. The number of nitrogens with zero attached hydrogens (tertiary/aromatic N) is 1. The van der Waals surface area contributed by atoms with Crippen LogP contribution in [0.2, 0.25) is 0 Å². The number of carbonyl (C=O) groups is 3. The average molecular weight is 490 g/mol. The van der Waals surface area contributed by atoms with Crippen molar-refractivity contribution >= 4 is 24.1 Å². The smallest absolute Gasteiger partial charge is 0.437 e. The van der Waals surface area contributed by atoms with Crippen molar-refractivity contribution in [1.29, 1.82) is 0 Å². The van der Waals surface area contributed by atoms with Crippen molar-refractivity contribution < 1.29 is 48.7 Å². The molecule has 2 amide bonds. The molecule has 194 valence electrons. The van der Waals surface area contributed by atoms with E-state index in [-0.39, 0.29) is 12.4 Å². The Hall–Kier alpha value is -2.90. The molecule has 34 heavy (non-hydrogen) atoms. The van der Waals surface area contributed by atoms with E-state index in [1.165, 1.54) is 13.2 Å². The van der Waals surface area contributed by atoms with Gasteiger partial charge in [0.25, 0.3) is 0 Å². The number of carbonyl (C=O) groups excluding carboxylic acids is 2. The second kappa shape index (κ2) is 12.0. The number of carboxylic acids is 1. The average Bonchev–Trinajstić information content (AvgIpc) is 2.64. The van der Waals surface area contributed by atoms with Crippen LogP contribution in [0, 0.1) is 0 Å². The fourth-order valence-electron chi connectivity index (χ4n) is 2.88. The third-order valence-corrected chi connectivity index (χ3v) is 4.07. The topological polar surface area (TPSA) is 185 Å². The Labute approximate surface area is 198 Å². The van der Waals surface area contributed by atoms with Gasteiger partial charge in [0, 0.05) is 13.5 Å². The number of methoxy groups -OCH3 is 1.